The Morgan fingerprint density at radius 1 is 0.920 bits per heavy atom. The first-order chi connectivity index (χ1) is 11.9. The summed E-state index contributed by atoms with van der Waals surface area (Å²) in [5, 5.41) is 5.87. The van der Waals surface area contributed by atoms with Crippen molar-refractivity contribution in [3.05, 3.63) is 65.7 Å². The predicted octanol–water partition coefficient (Wildman–Crippen LogP) is 2.37. The van der Waals surface area contributed by atoms with Crippen molar-refractivity contribution < 1.29 is 9.59 Å². The number of anilines is 1. The third-order valence-electron chi connectivity index (χ3n) is 3.53. The fraction of sp³-hybridized carbons (Fsp3) is 0.211. The molecule has 5 nitrogen and oxygen atoms in total. The highest BCUT2D eigenvalue weighted by atomic mass is 32.1. The van der Waals surface area contributed by atoms with E-state index >= 15 is 0 Å². The molecule has 0 saturated carbocycles. The number of benzene rings is 2. The standard InChI is InChI=1S/C19H21N3O2S/c1-22(2)18(24)13-15-8-10-16(11-9-15)20-19(25)21-17(23)12-14-6-4-3-5-7-14/h3-11H,12-13H2,1-2H3,(H2,20,21,23,25). The van der Waals surface area contributed by atoms with Crippen molar-refractivity contribution in [2.75, 3.05) is 19.4 Å². The minimum atomic E-state index is -0.170. The number of hydrogen-bond donors (Lipinski definition) is 2. The highest BCUT2D eigenvalue weighted by molar-refractivity contribution is 7.80. The summed E-state index contributed by atoms with van der Waals surface area (Å²) >= 11 is 5.16. The zero-order chi connectivity index (χ0) is 18.2. The van der Waals surface area contributed by atoms with Crippen LogP contribution in [0.1, 0.15) is 11.1 Å². The van der Waals surface area contributed by atoms with E-state index in [1.807, 2.05) is 54.6 Å². The minimum absolute atomic E-state index is 0.0457. The maximum atomic E-state index is 12.0. The molecule has 0 heterocycles. The number of rotatable bonds is 5. The molecule has 2 rings (SSSR count). The van der Waals surface area contributed by atoms with Crippen LogP contribution in [0.25, 0.3) is 0 Å². The summed E-state index contributed by atoms with van der Waals surface area (Å²) in [6.07, 6.45) is 0.625. The summed E-state index contributed by atoms with van der Waals surface area (Å²) < 4.78 is 0. The number of thiocarbonyl (C=S) groups is 1. The molecule has 25 heavy (non-hydrogen) atoms. The zero-order valence-corrected chi connectivity index (χ0v) is 15.1. The average molecular weight is 355 g/mol. The fourth-order valence-electron chi connectivity index (χ4n) is 2.15. The Balaban J connectivity index is 1.84. The number of carbonyl (C=O) groups excluding carboxylic acids is 2. The van der Waals surface area contributed by atoms with Crippen LogP contribution in [0.15, 0.2) is 54.6 Å². The molecule has 0 aliphatic carbocycles. The molecule has 2 aromatic rings. The van der Waals surface area contributed by atoms with Gasteiger partial charge in [-0.05, 0) is 35.5 Å². The van der Waals surface area contributed by atoms with E-state index in [9.17, 15) is 9.59 Å². The van der Waals surface area contributed by atoms with Gasteiger partial charge in [-0.2, -0.15) is 0 Å². The molecule has 0 aliphatic heterocycles. The molecule has 6 heteroatoms. The molecule has 0 spiro atoms. The second-order valence-electron chi connectivity index (χ2n) is 5.83. The Morgan fingerprint density at radius 3 is 2.12 bits per heavy atom. The Hall–Kier alpha value is -2.73. The molecule has 130 valence electrons. The quantitative estimate of drug-likeness (QED) is 0.809. The molecule has 0 aliphatic rings. The SMILES string of the molecule is CN(C)C(=O)Cc1ccc(NC(=S)NC(=O)Cc2ccccc2)cc1. The number of nitrogens with zero attached hydrogens (tertiary/aromatic N) is 1. The van der Waals surface area contributed by atoms with Crippen LogP contribution in [0.2, 0.25) is 0 Å². The van der Waals surface area contributed by atoms with Crippen molar-refractivity contribution in [3.8, 4) is 0 Å². The van der Waals surface area contributed by atoms with Crippen molar-refractivity contribution in [1.29, 1.82) is 0 Å². The largest absolute Gasteiger partial charge is 0.349 e. The maximum absolute atomic E-state index is 12.0. The highest BCUT2D eigenvalue weighted by Crippen LogP contribution is 2.10. The lowest BCUT2D eigenvalue weighted by atomic mass is 10.1. The third kappa shape index (κ3) is 6.35. The summed E-state index contributed by atoms with van der Waals surface area (Å²) in [6.45, 7) is 0. The number of likely N-dealkylation sites (N-methyl/N-ethyl adjacent to an activating group) is 1. The first-order valence-electron chi connectivity index (χ1n) is 7.88. The molecule has 0 atom stereocenters. The fourth-order valence-corrected chi connectivity index (χ4v) is 2.38. The normalized spacial score (nSPS) is 10.0. The smallest absolute Gasteiger partial charge is 0.230 e. The number of hydrogen-bond acceptors (Lipinski definition) is 3. The number of carbonyl (C=O) groups is 2. The van der Waals surface area contributed by atoms with Gasteiger partial charge >= 0.3 is 0 Å². The zero-order valence-electron chi connectivity index (χ0n) is 14.3. The monoisotopic (exact) mass is 355 g/mol. The van der Waals surface area contributed by atoms with E-state index in [-0.39, 0.29) is 23.3 Å². The van der Waals surface area contributed by atoms with Crippen LogP contribution < -0.4 is 10.6 Å². The van der Waals surface area contributed by atoms with Gasteiger partial charge in [-0.3, -0.25) is 9.59 Å². The minimum Gasteiger partial charge on any atom is -0.349 e. The molecule has 0 fully saturated rings. The lowest BCUT2D eigenvalue weighted by molar-refractivity contribution is -0.128. The molecule has 0 unspecified atom stereocenters. The Bertz CT molecular complexity index is 743. The van der Waals surface area contributed by atoms with E-state index in [1.165, 1.54) is 0 Å². The summed E-state index contributed by atoms with van der Waals surface area (Å²) in [4.78, 5) is 25.2. The lowest BCUT2D eigenvalue weighted by Crippen LogP contribution is -2.35. The Morgan fingerprint density at radius 2 is 1.52 bits per heavy atom. The first kappa shape index (κ1) is 18.6. The first-order valence-corrected chi connectivity index (χ1v) is 8.28. The molecule has 2 aromatic carbocycles. The predicted molar refractivity (Wildman–Crippen MR) is 103 cm³/mol. The van der Waals surface area contributed by atoms with Gasteiger partial charge in [0.1, 0.15) is 0 Å². The molecule has 2 amide bonds. The van der Waals surface area contributed by atoms with E-state index in [4.69, 9.17) is 12.2 Å². The van der Waals surface area contributed by atoms with Gasteiger partial charge in [-0.1, -0.05) is 42.5 Å². The highest BCUT2D eigenvalue weighted by Gasteiger charge is 2.07. The van der Waals surface area contributed by atoms with Gasteiger partial charge in [-0.15, -0.1) is 0 Å². The summed E-state index contributed by atoms with van der Waals surface area (Å²) in [5.74, 6) is -0.124. The molecule has 0 saturated heterocycles. The van der Waals surface area contributed by atoms with Crippen LogP contribution in [0.3, 0.4) is 0 Å². The Labute approximate surface area is 153 Å². The molecule has 0 bridgehead atoms. The summed E-state index contributed by atoms with van der Waals surface area (Å²) in [7, 11) is 3.46. The molecule has 0 aromatic heterocycles. The van der Waals surface area contributed by atoms with Gasteiger partial charge in [0.25, 0.3) is 0 Å². The van der Waals surface area contributed by atoms with Gasteiger partial charge in [-0.25, -0.2) is 0 Å². The van der Waals surface area contributed by atoms with E-state index in [0.717, 1.165) is 16.8 Å². The van der Waals surface area contributed by atoms with Gasteiger partial charge in [0.15, 0.2) is 5.11 Å². The molecule has 0 radical (unpaired) electrons. The second-order valence-corrected chi connectivity index (χ2v) is 6.23. The molecular formula is C19H21N3O2S. The van der Waals surface area contributed by atoms with Crippen LogP contribution in [0.4, 0.5) is 5.69 Å². The molecular weight excluding hydrogens is 334 g/mol. The van der Waals surface area contributed by atoms with E-state index < -0.39 is 0 Å². The van der Waals surface area contributed by atoms with Crippen molar-refractivity contribution in [2.24, 2.45) is 0 Å². The lowest BCUT2D eigenvalue weighted by Gasteiger charge is -2.12. The maximum Gasteiger partial charge on any atom is 0.230 e. The van der Waals surface area contributed by atoms with Gasteiger partial charge in [0.2, 0.25) is 11.8 Å². The van der Waals surface area contributed by atoms with Crippen molar-refractivity contribution in [1.82, 2.24) is 10.2 Å². The number of amides is 2. The van der Waals surface area contributed by atoms with Crippen LogP contribution in [0, 0.1) is 0 Å². The van der Waals surface area contributed by atoms with Gasteiger partial charge in [0.05, 0.1) is 12.8 Å². The van der Waals surface area contributed by atoms with E-state index in [2.05, 4.69) is 10.6 Å². The van der Waals surface area contributed by atoms with E-state index in [1.54, 1.807) is 19.0 Å². The van der Waals surface area contributed by atoms with Crippen molar-refractivity contribution in [3.63, 3.8) is 0 Å². The summed E-state index contributed by atoms with van der Waals surface area (Å²) in [5.41, 5.74) is 2.60. The second kappa shape index (κ2) is 8.94. The Kier molecular flexibility index (Phi) is 6.65. The average Bonchev–Trinajstić information content (AvgIpc) is 2.57. The van der Waals surface area contributed by atoms with Gasteiger partial charge in [0, 0.05) is 19.8 Å². The van der Waals surface area contributed by atoms with Crippen LogP contribution in [-0.2, 0) is 22.4 Å². The summed E-state index contributed by atoms with van der Waals surface area (Å²) in [6, 6.07) is 16.8. The van der Waals surface area contributed by atoms with Crippen molar-refractivity contribution >= 4 is 34.8 Å². The molecule has 2 N–H and O–H groups in total. The van der Waals surface area contributed by atoms with E-state index in [0.29, 0.717) is 6.42 Å². The van der Waals surface area contributed by atoms with Gasteiger partial charge < -0.3 is 15.5 Å². The number of nitrogens with one attached hydrogen (secondary N) is 2. The topological polar surface area (TPSA) is 61.4 Å². The van der Waals surface area contributed by atoms with Crippen LogP contribution in [-0.4, -0.2) is 35.9 Å². The van der Waals surface area contributed by atoms with Crippen LogP contribution >= 0.6 is 12.2 Å². The third-order valence-corrected chi connectivity index (χ3v) is 3.73. The van der Waals surface area contributed by atoms with Crippen LogP contribution in [0.5, 0.6) is 0 Å². The van der Waals surface area contributed by atoms with Crippen molar-refractivity contribution in [2.45, 2.75) is 12.8 Å².